The number of carbonyl (C=O) groups is 1. The van der Waals surface area contributed by atoms with Crippen LogP contribution >= 0.6 is 0 Å². The van der Waals surface area contributed by atoms with Crippen molar-refractivity contribution in [1.82, 2.24) is 5.32 Å². The number of fused-ring (bicyclic) bond motifs is 5. The number of hydrogen-bond acceptors (Lipinski definition) is 2. The van der Waals surface area contributed by atoms with Gasteiger partial charge in [0.15, 0.2) is 0 Å². The summed E-state index contributed by atoms with van der Waals surface area (Å²) in [7, 11) is 0. The molecule has 8 atom stereocenters. The van der Waals surface area contributed by atoms with E-state index in [0.29, 0.717) is 22.5 Å². The minimum Gasteiger partial charge on any atom is -0.316 e. The standard InChI is InChI=1S/C26H41NO/c1-4-17-14-19-15-20(28)9-11-25(19,2)23-10-12-26(3)21(7-8-22(26)24(17)23)18-6-5-13-27-16-18/h7,17-19,22-24,27H,4-6,8-16H2,1-3H3/t17-,18?,19?,22+,23+,24+,25+,26-/m1/s1. The van der Waals surface area contributed by atoms with Gasteiger partial charge in [-0.2, -0.15) is 0 Å². The van der Waals surface area contributed by atoms with Gasteiger partial charge >= 0.3 is 0 Å². The molecule has 2 heteroatoms. The highest BCUT2D eigenvalue weighted by Crippen LogP contribution is 2.68. The van der Waals surface area contributed by atoms with E-state index < -0.39 is 0 Å². The second kappa shape index (κ2) is 6.96. The van der Waals surface area contributed by atoms with Gasteiger partial charge in [-0.1, -0.05) is 38.8 Å². The third-order valence-electron chi connectivity index (χ3n) is 10.6. The van der Waals surface area contributed by atoms with Gasteiger partial charge in [0.2, 0.25) is 0 Å². The van der Waals surface area contributed by atoms with Gasteiger partial charge in [-0.05, 0) is 97.8 Å². The molecule has 2 unspecified atom stereocenters. The Kier molecular flexibility index (Phi) is 4.81. The van der Waals surface area contributed by atoms with Gasteiger partial charge < -0.3 is 5.32 Å². The predicted octanol–water partition coefficient (Wildman–Crippen LogP) is 5.77. The summed E-state index contributed by atoms with van der Waals surface area (Å²) in [4.78, 5) is 12.3. The van der Waals surface area contributed by atoms with E-state index >= 15 is 0 Å². The highest BCUT2D eigenvalue weighted by Gasteiger charge is 2.61. The second-order valence-electron chi connectivity index (χ2n) is 11.5. The lowest BCUT2D eigenvalue weighted by molar-refractivity contribution is -0.147. The van der Waals surface area contributed by atoms with Crippen molar-refractivity contribution in [2.45, 2.75) is 85.0 Å². The van der Waals surface area contributed by atoms with E-state index in [2.05, 4.69) is 32.2 Å². The number of hydrogen-bond donors (Lipinski definition) is 1. The molecule has 0 amide bonds. The Morgan fingerprint density at radius 2 is 2.04 bits per heavy atom. The quantitative estimate of drug-likeness (QED) is 0.613. The van der Waals surface area contributed by atoms with Crippen molar-refractivity contribution < 1.29 is 4.79 Å². The molecular weight excluding hydrogens is 342 g/mol. The Balaban J connectivity index is 1.45. The number of nitrogens with one attached hydrogen (secondary N) is 1. The molecule has 5 rings (SSSR count). The first kappa shape index (κ1) is 19.3. The number of allylic oxidation sites excluding steroid dienone is 1. The highest BCUT2D eigenvalue weighted by atomic mass is 16.1. The van der Waals surface area contributed by atoms with E-state index in [4.69, 9.17) is 0 Å². The summed E-state index contributed by atoms with van der Waals surface area (Å²) in [6, 6.07) is 0. The van der Waals surface area contributed by atoms with Gasteiger partial charge in [0.25, 0.3) is 0 Å². The predicted molar refractivity (Wildman–Crippen MR) is 115 cm³/mol. The molecule has 0 radical (unpaired) electrons. The molecule has 156 valence electrons. The van der Waals surface area contributed by atoms with Crippen LogP contribution in [0.15, 0.2) is 11.6 Å². The normalized spacial score (nSPS) is 51.1. The van der Waals surface area contributed by atoms with Crippen LogP contribution < -0.4 is 5.32 Å². The summed E-state index contributed by atoms with van der Waals surface area (Å²) >= 11 is 0. The number of rotatable bonds is 2. The summed E-state index contributed by atoms with van der Waals surface area (Å²) in [6.07, 6.45) is 15.1. The molecule has 0 aromatic heterocycles. The van der Waals surface area contributed by atoms with Crippen molar-refractivity contribution in [3.05, 3.63) is 11.6 Å². The summed E-state index contributed by atoms with van der Waals surface area (Å²) in [5.74, 6) is 5.47. The minimum absolute atomic E-state index is 0.431. The fraction of sp³-hybridized carbons (Fsp3) is 0.885. The average molecular weight is 384 g/mol. The fourth-order valence-corrected chi connectivity index (χ4v) is 9.00. The lowest BCUT2D eigenvalue weighted by Gasteiger charge is -2.62. The summed E-state index contributed by atoms with van der Waals surface area (Å²) in [5, 5.41) is 3.68. The van der Waals surface area contributed by atoms with Crippen LogP contribution in [0.4, 0.5) is 0 Å². The SMILES string of the molecule is CC[C@@H]1CC2CC(=O)CC[C@]2(C)[C@H]2CC[C@]3(C)C(C4CCCNC4)=CC[C@H]3[C@H]12. The van der Waals surface area contributed by atoms with Gasteiger partial charge in [-0.15, -0.1) is 0 Å². The lowest BCUT2D eigenvalue weighted by atomic mass is 9.42. The Morgan fingerprint density at radius 3 is 2.79 bits per heavy atom. The van der Waals surface area contributed by atoms with E-state index in [9.17, 15) is 4.79 Å². The Bertz CT molecular complexity index is 661. The maximum absolute atomic E-state index is 12.3. The maximum Gasteiger partial charge on any atom is 0.133 e. The van der Waals surface area contributed by atoms with E-state index in [1.54, 1.807) is 0 Å². The minimum atomic E-state index is 0.431. The number of piperidine rings is 1. The van der Waals surface area contributed by atoms with Crippen molar-refractivity contribution in [2.75, 3.05) is 13.1 Å². The molecule has 1 N–H and O–H groups in total. The molecule has 0 bridgehead atoms. The first-order valence-corrected chi connectivity index (χ1v) is 12.4. The van der Waals surface area contributed by atoms with Gasteiger partial charge in [-0.25, -0.2) is 0 Å². The maximum atomic E-state index is 12.3. The molecule has 1 saturated heterocycles. The molecule has 0 aromatic carbocycles. The van der Waals surface area contributed by atoms with Crippen molar-refractivity contribution in [1.29, 1.82) is 0 Å². The Hall–Kier alpha value is -0.630. The molecule has 0 spiro atoms. The molecule has 1 aliphatic heterocycles. The van der Waals surface area contributed by atoms with Crippen molar-refractivity contribution in [3.63, 3.8) is 0 Å². The number of Topliss-reactive ketones (excluding diaryl/α,β-unsaturated/α-hetero) is 1. The lowest BCUT2D eigenvalue weighted by Crippen LogP contribution is -2.56. The first-order valence-electron chi connectivity index (χ1n) is 12.4. The van der Waals surface area contributed by atoms with Crippen molar-refractivity contribution in [3.8, 4) is 0 Å². The van der Waals surface area contributed by atoms with Crippen LogP contribution in [-0.2, 0) is 4.79 Å². The van der Waals surface area contributed by atoms with E-state index in [1.165, 1.54) is 64.5 Å². The zero-order chi connectivity index (χ0) is 19.5. The number of carbonyl (C=O) groups excluding carboxylic acids is 1. The summed E-state index contributed by atoms with van der Waals surface area (Å²) < 4.78 is 0. The van der Waals surface area contributed by atoms with Crippen molar-refractivity contribution in [2.24, 2.45) is 46.3 Å². The molecule has 4 aliphatic carbocycles. The van der Waals surface area contributed by atoms with Gasteiger partial charge in [0.1, 0.15) is 5.78 Å². The monoisotopic (exact) mass is 383 g/mol. The van der Waals surface area contributed by atoms with Crippen LogP contribution in [0.3, 0.4) is 0 Å². The molecule has 4 fully saturated rings. The van der Waals surface area contributed by atoms with E-state index in [-0.39, 0.29) is 0 Å². The third kappa shape index (κ3) is 2.72. The topological polar surface area (TPSA) is 29.1 Å². The Morgan fingerprint density at radius 1 is 1.18 bits per heavy atom. The molecule has 3 saturated carbocycles. The van der Waals surface area contributed by atoms with Crippen LogP contribution in [0.2, 0.25) is 0 Å². The zero-order valence-corrected chi connectivity index (χ0v) is 18.4. The fourth-order valence-electron chi connectivity index (χ4n) is 9.00. The zero-order valence-electron chi connectivity index (χ0n) is 18.4. The van der Waals surface area contributed by atoms with Gasteiger partial charge in [0.05, 0.1) is 0 Å². The second-order valence-corrected chi connectivity index (χ2v) is 11.5. The van der Waals surface area contributed by atoms with Gasteiger partial charge in [-0.3, -0.25) is 4.79 Å². The van der Waals surface area contributed by atoms with Crippen LogP contribution in [0.5, 0.6) is 0 Å². The molecule has 5 aliphatic rings. The molecule has 2 nitrogen and oxygen atoms in total. The molecule has 0 aromatic rings. The Labute approximate surface area is 172 Å². The summed E-state index contributed by atoms with van der Waals surface area (Å²) in [5.41, 5.74) is 2.72. The third-order valence-corrected chi connectivity index (χ3v) is 10.6. The molecular formula is C26H41NO. The highest BCUT2D eigenvalue weighted by molar-refractivity contribution is 5.79. The van der Waals surface area contributed by atoms with Gasteiger partial charge in [0, 0.05) is 19.4 Å². The van der Waals surface area contributed by atoms with Crippen molar-refractivity contribution >= 4 is 5.78 Å². The van der Waals surface area contributed by atoms with Crippen LogP contribution in [0, 0.1) is 46.3 Å². The summed E-state index contributed by atoms with van der Waals surface area (Å²) in [6.45, 7) is 10.1. The average Bonchev–Trinajstić information content (AvgIpc) is 3.06. The molecule has 1 heterocycles. The van der Waals surface area contributed by atoms with Crippen LogP contribution in [0.25, 0.3) is 0 Å². The molecule has 28 heavy (non-hydrogen) atoms. The largest absolute Gasteiger partial charge is 0.316 e. The first-order chi connectivity index (χ1) is 13.5. The smallest absolute Gasteiger partial charge is 0.133 e. The van der Waals surface area contributed by atoms with Crippen LogP contribution in [0.1, 0.15) is 85.0 Å². The van der Waals surface area contributed by atoms with E-state index in [1.807, 2.05) is 5.57 Å². The number of ketones is 1. The van der Waals surface area contributed by atoms with E-state index in [0.717, 1.165) is 42.4 Å². The van der Waals surface area contributed by atoms with Crippen LogP contribution in [-0.4, -0.2) is 18.9 Å².